The average molecular weight is 511 g/mol. The average Bonchev–Trinajstić information content (AvgIpc) is 3.43. The van der Waals surface area contributed by atoms with Crippen LogP contribution < -0.4 is 20.3 Å². The first-order valence-corrected chi connectivity index (χ1v) is 12.8. The molecule has 190 valence electrons. The summed E-state index contributed by atoms with van der Waals surface area (Å²) in [5.74, 6) is -0.825. The maximum Gasteiger partial charge on any atom is 0.309 e. The van der Waals surface area contributed by atoms with Crippen molar-refractivity contribution in [2.24, 2.45) is 0 Å². The molecule has 0 radical (unpaired) electrons. The Balaban J connectivity index is 1.35. The summed E-state index contributed by atoms with van der Waals surface area (Å²) in [4.78, 5) is 30.9. The van der Waals surface area contributed by atoms with Gasteiger partial charge in [-0.05, 0) is 60.3 Å². The fourth-order valence-electron chi connectivity index (χ4n) is 4.47. The van der Waals surface area contributed by atoms with Crippen LogP contribution in [0.4, 0.5) is 10.1 Å². The zero-order valence-corrected chi connectivity index (χ0v) is 21.3. The molecule has 0 unspecified atom stereocenters. The Bertz CT molecular complexity index is 1130. The zero-order valence-electron chi connectivity index (χ0n) is 20.4. The van der Waals surface area contributed by atoms with E-state index in [0.717, 1.165) is 48.1 Å². The predicted molar refractivity (Wildman–Crippen MR) is 140 cm³/mol. The van der Waals surface area contributed by atoms with E-state index in [9.17, 15) is 14.0 Å². The van der Waals surface area contributed by atoms with Gasteiger partial charge in [0.25, 0.3) is 0 Å². The number of rotatable bonds is 8. The van der Waals surface area contributed by atoms with Crippen LogP contribution in [-0.2, 0) is 16.1 Å². The van der Waals surface area contributed by atoms with E-state index in [2.05, 4.69) is 26.5 Å². The lowest BCUT2D eigenvalue weighted by atomic mass is 10.0. The van der Waals surface area contributed by atoms with Gasteiger partial charge in [-0.1, -0.05) is 18.2 Å². The summed E-state index contributed by atoms with van der Waals surface area (Å²) in [6.07, 6.45) is 0. The molecule has 0 bridgehead atoms. The molecule has 2 heterocycles. The van der Waals surface area contributed by atoms with Gasteiger partial charge in [0.15, 0.2) is 0 Å². The van der Waals surface area contributed by atoms with Crippen LogP contribution in [0, 0.1) is 5.82 Å². The molecular formula is C27H31FN4O3S. The number of carbonyl (C=O) groups excluding carboxylic acids is 2. The summed E-state index contributed by atoms with van der Waals surface area (Å²) < 4.78 is 18.4. The molecule has 4 rings (SSSR count). The van der Waals surface area contributed by atoms with Crippen molar-refractivity contribution in [3.05, 3.63) is 82.3 Å². The molecule has 7 nitrogen and oxygen atoms in total. The van der Waals surface area contributed by atoms with E-state index >= 15 is 0 Å². The summed E-state index contributed by atoms with van der Waals surface area (Å²) in [7, 11) is 1.59. The van der Waals surface area contributed by atoms with Gasteiger partial charge in [-0.2, -0.15) is 0 Å². The molecule has 36 heavy (non-hydrogen) atoms. The van der Waals surface area contributed by atoms with E-state index < -0.39 is 11.8 Å². The number of methoxy groups -OCH3 is 1. The Morgan fingerprint density at radius 1 is 1.00 bits per heavy atom. The fourth-order valence-corrected chi connectivity index (χ4v) is 5.43. The van der Waals surface area contributed by atoms with Gasteiger partial charge in [0.2, 0.25) is 0 Å². The lowest BCUT2D eigenvalue weighted by Gasteiger charge is -2.42. The first-order chi connectivity index (χ1) is 17.4. The molecule has 1 aromatic heterocycles. The molecular weight excluding hydrogens is 479 g/mol. The number of ether oxygens (including phenoxy) is 1. The second kappa shape index (κ2) is 12.0. The standard InChI is InChI=1S/C27H31FN4O3S/c1-19(30-27(34)26(33)29-18-20-5-11-23(35-2)12-6-20)25(24-4-3-17-36-24)32-15-13-31(14-16-32)22-9-7-21(28)8-10-22/h3-12,17,19,25H,13-16,18H2,1-2H3,(H,29,33)(H,30,34)/t19-,25-/m1/s1. The molecule has 1 aliphatic heterocycles. The second-order valence-corrected chi connectivity index (χ2v) is 9.73. The van der Waals surface area contributed by atoms with Crippen molar-refractivity contribution in [3.8, 4) is 5.75 Å². The van der Waals surface area contributed by atoms with Crippen LogP contribution in [-0.4, -0.2) is 56.0 Å². The summed E-state index contributed by atoms with van der Waals surface area (Å²) in [5, 5.41) is 7.62. The van der Waals surface area contributed by atoms with Gasteiger partial charge in [0.05, 0.1) is 13.2 Å². The SMILES string of the molecule is COc1ccc(CNC(=O)C(=O)N[C@H](C)[C@H](c2cccs2)N2CCN(c3ccc(F)cc3)CC2)cc1. The molecule has 1 aliphatic rings. The minimum Gasteiger partial charge on any atom is -0.497 e. The van der Waals surface area contributed by atoms with E-state index in [4.69, 9.17) is 4.74 Å². The third-order valence-electron chi connectivity index (χ3n) is 6.38. The molecule has 0 aliphatic carbocycles. The van der Waals surface area contributed by atoms with E-state index in [1.54, 1.807) is 30.6 Å². The van der Waals surface area contributed by atoms with E-state index in [-0.39, 0.29) is 24.4 Å². The van der Waals surface area contributed by atoms with E-state index in [0.29, 0.717) is 0 Å². The molecule has 2 atom stereocenters. The normalized spacial score (nSPS) is 15.7. The highest BCUT2D eigenvalue weighted by molar-refractivity contribution is 7.10. The maximum atomic E-state index is 13.3. The third-order valence-corrected chi connectivity index (χ3v) is 7.33. The number of piperazine rings is 1. The van der Waals surface area contributed by atoms with Crippen LogP contribution >= 0.6 is 11.3 Å². The predicted octanol–water partition coefficient (Wildman–Crippen LogP) is 3.58. The lowest BCUT2D eigenvalue weighted by molar-refractivity contribution is -0.140. The summed E-state index contributed by atoms with van der Waals surface area (Å²) in [6, 6.07) is 17.6. The summed E-state index contributed by atoms with van der Waals surface area (Å²) in [5.41, 5.74) is 1.87. The van der Waals surface area contributed by atoms with Crippen molar-refractivity contribution in [2.75, 3.05) is 38.2 Å². The van der Waals surface area contributed by atoms with Crippen LogP contribution in [0.15, 0.2) is 66.0 Å². The topological polar surface area (TPSA) is 73.9 Å². The highest BCUT2D eigenvalue weighted by atomic mass is 32.1. The largest absolute Gasteiger partial charge is 0.497 e. The molecule has 9 heteroatoms. The van der Waals surface area contributed by atoms with Gasteiger partial charge in [0.1, 0.15) is 11.6 Å². The van der Waals surface area contributed by atoms with Crippen LogP contribution in [0.3, 0.4) is 0 Å². The van der Waals surface area contributed by atoms with Crippen molar-refractivity contribution in [1.29, 1.82) is 0 Å². The Morgan fingerprint density at radius 2 is 1.69 bits per heavy atom. The van der Waals surface area contributed by atoms with Crippen molar-refractivity contribution >= 4 is 28.8 Å². The number of hydrogen-bond acceptors (Lipinski definition) is 6. The van der Waals surface area contributed by atoms with Crippen LogP contribution in [0.1, 0.15) is 23.4 Å². The summed E-state index contributed by atoms with van der Waals surface area (Å²) in [6.45, 7) is 5.33. The molecule has 1 fully saturated rings. The first-order valence-electron chi connectivity index (χ1n) is 11.9. The number of thiophene rings is 1. The smallest absolute Gasteiger partial charge is 0.309 e. The Morgan fingerprint density at radius 3 is 2.31 bits per heavy atom. The van der Waals surface area contributed by atoms with E-state index in [1.165, 1.54) is 12.1 Å². The number of nitrogens with one attached hydrogen (secondary N) is 2. The molecule has 2 amide bonds. The number of amides is 2. The highest BCUT2D eigenvalue weighted by Crippen LogP contribution is 2.30. The van der Waals surface area contributed by atoms with Crippen molar-refractivity contribution in [2.45, 2.75) is 25.6 Å². The molecule has 1 saturated heterocycles. The quantitative estimate of drug-likeness (QED) is 0.453. The number of benzene rings is 2. The second-order valence-electron chi connectivity index (χ2n) is 8.75. The zero-order chi connectivity index (χ0) is 25.5. The Kier molecular flexibility index (Phi) is 8.56. The molecule has 3 aromatic rings. The fraction of sp³-hybridized carbons (Fsp3) is 0.333. The van der Waals surface area contributed by atoms with Crippen LogP contribution in [0.2, 0.25) is 0 Å². The van der Waals surface area contributed by atoms with Crippen LogP contribution in [0.5, 0.6) is 5.75 Å². The minimum atomic E-state index is -0.663. The monoisotopic (exact) mass is 510 g/mol. The van der Waals surface area contributed by atoms with Gasteiger partial charge in [-0.25, -0.2) is 4.39 Å². The molecule has 2 N–H and O–H groups in total. The maximum absolute atomic E-state index is 13.3. The van der Waals surface area contributed by atoms with Crippen molar-refractivity contribution < 1.29 is 18.7 Å². The van der Waals surface area contributed by atoms with Crippen LogP contribution in [0.25, 0.3) is 0 Å². The number of nitrogens with zero attached hydrogens (tertiary/aromatic N) is 2. The molecule has 0 saturated carbocycles. The number of hydrogen-bond donors (Lipinski definition) is 2. The Hall–Kier alpha value is -3.43. The third kappa shape index (κ3) is 6.41. The minimum absolute atomic E-state index is 0.0568. The van der Waals surface area contributed by atoms with Gasteiger partial charge in [-0.3, -0.25) is 14.5 Å². The van der Waals surface area contributed by atoms with Crippen molar-refractivity contribution in [1.82, 2.24) is 15.5 Å². The molecule has 0 spiro atoms. The van der Waals surface area contributed by atoms with Gasteiger partial charge < -0.3 is 20.3 Å². The number of halogens is 1. The first kappa shape index (κ1) is 25.7. The number of carbonyl (C=O) groups is 2. The van der Waals surface area contributed by atoms with Gasteiger partial charge in [-0.15, -0.1) is 11.3 Å². The highest BCUT2D eigenvalue weighted by Gasteiger charge is 2.32. The van der Waals surface area contributed by atoms with Gasteiger partial charge >= 0.3 is 11.8 Å². The molecule has 2 aromatic carbocycles. The van der Waals surface area contributed by atoms with Crippen molar-refractivity contribution in [3.63, 3.8) is 0 Å². The Labute approximate surface area is 214 Å². The number of anilines is 1. The van der Waals surface area contributed by atoms with E-state index in [1.807, 2.05) is 42.6 Å². The summed E-state index contributed by atoms with van der Waals surface area (Å²) >= 11 is 1.64. The lowest BCUT2D eigenvalue weighted by Crippen LogP contribution is -2.53. The van der Waals surface area contributed by atoms with Gasteiger partial charge in [0, 0.05) is 49.3 Å².